The molecule has 0 bridgehead atoms. The van der Waals surface area contributed by atoms with Crippen molar-refractivity contribution in [2.45, 2.75) is 20.0 Å². The van der Waals surface area contributed by atoms with Crippen molar-refractivity contribution >= 4 is 0 Å². The van der Waals surface area contributed by atoms with E-state index in [4.69, 9.17) is 5.26 Å². The number of rotatable bonds is 4. The third-order valence-electron chi connectivity index (χ3n) is 2.98. The van der Waals surface area contributed by atoms with Gasteiger partial charge in [0.25, 0.3) is 0 Å². The van der Waals surface area contributed by atoms with Gasteiger partial charge in [-0.1, -0.05) is 12.1 Å². The first-order valence-corrected chi connectivity index (χ1v) is 6.00. The molecule has 0 radical (unpaired) electrons. The monoisotopic (exact) mass is 255 g/mol. The zero-order valence-corrected chi connectivity index (χ0v) is 10.7. The van der Waals surface area contributed by atoms with Gasteiger partial charge in [0, 0.05) is 31.0 Å². The van der Waals surface area contributed by atoms with Crippen molar-refractivity contribution in [2.75, 3.05) is 0 Å². The first-order valence-electron chi connectivity index (χ1n) is 6.00. The third-order valence-corrected chi connectivity index (χ3v) is 2.98. The zero-order chi connectivity index (χ0) is 13.7. The molecule has 0 spiro atoms. The van der Waals surface area contributed by atoms with Crippen molar-refractivity contribution in [3.05, 3.63) is 64.7 Å². The van der Waals surface area contributed by atoms with Crippen molar-refractivity contribution in [2.24, 2.45) is 0 Å². The Balaban J connectivity index is 2.01. The fraction of sp³-hybridized carbons (Fsp3) is 0.200. The molecule has 0 fully saturated rings. The third kappa shape index (κ3) is 3.15. The highest BCUT2D eigenvalue weighted by Crippen LogP contribution is 2.12. The van der Waals surface area contributed by atoms with E-state index in [0.29, 0.717) is 18.7 Å². The quantitative estimate of drug-likeness (QED) is 0.913. The summed E-state index contributed by atoms with van der Waals surface area (Å²) in [5, 5.41) is 11.9. The van der Waals surface area contributed by atoms with Gasteiger partial charge in [-0.05, 0) is 30.2 Å². The number of pyridine rings is 1. The molecule has 4 heteroatoms. The van der Waals surface area contributed by atoms with Crippen LogP contribution in [0, 0.1) is 24.1 Å². The van der Waals surface area contributed by atoms with Crippen LogP contribution in [0.4, 0.5) is 4.39 Å². The van der Waals surface area contributed by atoms with Crippen LogP contribution in [0.1, 0.15) is 22.3 Å². The molecule has 0 saturated carbocycles. The minimum atomic E-state index is -0.444. The molecule has 2 rings (SSSR count). The lowest BCUT2D eigenvalue weighted by atomic mass is 10.1. The number of hydrogen-bond acceptors (Lipinski definition) is 3. The summed E-state index contributed by atoms with van der Waals surface area (Å²) in [5.41, 5.74) is 2.81. The van der Waals surface area contributed by atoms with Crippen LogP contribution in [0.15, 0.2) is 36.7 Å². The first kappa shape index (κ1) is 13.2. The molecule has 19 heavy (non-hydrogen) atoms. The molecule has 0 unspecified atom stereocenters. The number of nitrogens with zero attached hydrogens (tertiary/aromatic N) is 2. The number of benzene rings is 1. The van der Waals surface area contributed by atoms with Crippen LogP contribution in [0.3, 0.4) is 0 Å². The molecular weight excluding hydrogens is 241 g/mol. The summed E-state index contributed by atoms with van der Waals surface area (Å²) >= 11 is 0. The second kappa shape index (κ2) is 6.07. The van der Waals surface area contributed by atoms with Gasteiger partial charge in [-0.2, -0.15) is 5.26 Å². The van der Waals surface area contributed by atoms with E-state index in [0.717, 1.165) is 11.1 Å². The van der Waals surface area contributed by atoms with Crippen LogP contribution in [0.2, 0.25) is 0 Å². The summed E-state index contributed by atoms with van der Waals surface area (Å²) < 4.78 is 13.8. The van der Waals surface area contributed by atoms with E-state index < -0.39 is 5.82 Å². The highest BCUT2D eigenvalue weighted by Gasteiger charge is 2.07. The van der Waals surface area contributed by atoms with Gasteiger partial charge in [-0.25, -0.2) is 4.39 Å². The van der Waals surface area contributed by atoms with E-state index in [1.54, 1.807) is 24.5 Å². The normalized spacial score (nSPS) is 10.2. The summed E-state index contributed by atoms with van der Waals surface area (Å²) in [5.74, 6) is -0.444. The molecule has 0 saturated heterocycles. The van der Waals surface area contributed by atoms with Gasteiger partial charge in [0.05, 0.1) is 5.56 Å². The van der Waals surface area contributed by atoms with Crippen LogP contribution in [0.5, 0.6) is 0 Å². The Hall–Kier alpha value is -2.25. The summed E-state index contributed by atoms with van der Waals surface area (Å²) in [6, 6.07) is 8.62. The predicted octanol–water partition coefficient (Wildman–Crippen LogP) is 2.69. The Morgan fingerprint density at radius 2 is 2.05 bits per heavy atom. The van der Waals surface area contributed by atoms with Gasteiger partial charge in [0.2, 0.25) is 0 Å². The van der Waals surface area contributed by atoms with Gasteiger partial charge in [-0.15, -0.1) is 0 Å². The van der Waals surface area contributed by atoms with Crippen molar-refractivity contribution in [3.63, 3.8) is 0 Å². The maximum Gasteiger partial charge on any atom is 0.145 e. The second-order valence-corrected chi connectivity index (χ2v) is 4.30. The van der Waals surface area contributed by atoms with E-state index in [9.17, 15) is 4.39 Å². The Bertz CT molecular complexity index is 617. The van der Waals surface area contributed by atoms with E-state index in [2.05, 4.69) is 10.3 Å². The predicted molar refractivity (Wildman–Crippen MR) is 70.6 cm³/mol. The molecular formula is C15H14FN3. The molecule has 1 N–H and O–H groups in total. The molecule has 1 aromatic carbocycles. The van der Waals surface area contributed by atoms with Gasteiger partial charge in [0.1, 0.15) is 11.9 Å². The fourth-order valence-electron chi connectivity index (χ4n) is 1.82. The fourth-order valence-corrected chi connectivity index (χ4v) is 1.82. The number of aryl methyl sites for hydroxylation is 1. The molecule has 2 aromatic rings. The van der Waals surface area contributed by atoms with E-state index in [1.807, 2.05) is 19.1 Å². The largest absolute Gasteiger partial charge is 0.308 e. The second-order valence-electron chi connectivity index (χ2n) is 4.30. The standard InChI is InChI=1S/C15H14FN3/c1-11-5-6-18-9-14(11)10-19-8-13-4-2-3-12(7-17)15(13)16/h2-6,9,19H,8,10H2,1H3. The minimum Gasteiger partial charge on any atom is -0.308 e. The minimum absolute atomic E-state index is 0.0804. The van der Waals surface area contributed by atoms with E-state index in [1.165, 1.54) is 6.07 Å². The summed E-state index contributed by atoms with van der Waals surface area (Å²) in [7, 11) is 0. The maximum atomic E-state index is 13.8. The number of halogens is 1. The molecule has 0 atom stereocenters. The average Bonchev–Trinajstić information content (AvgIpc) is 2.43. The SMILES string of the molecule is Cc1ccncc1CNCc1cccc(C#N)c1F. The average molecular weight is 255 g/mol. The Kier molecular flexibility index (Phi) is 4.22. The number of nitrogens with one attached hydrogen (secondary N) is 1. The molecule has 1 heterocycles. The van der Waals surface area contributed by atoms with Gasteiger partial charge in [-0.3, -0.25) is 4.98 Å². The van der Waals surface area contributed by atoms with Gasteiger partial charge >= 0.3 is 0 Å². The van der Waals surface area contributed by atoms with Crippen molar-refractivity contribution in [3.8, 4) is 6.07 Å². The van der Waals surface area contributed by atoms with Crippen molar-refractivity contribution in [1.82, 2.24) is 10.3 Å². The van der Waals surface area contributed by atoms with Crippen LogP contribution in [0.25, 0.3) is 0 Å². The molecule has 3 nitrogen and oxygen atoms in total. The first-order chi connectivity index (χ1) is 9.22. The van der Waals surface area contributed by atoms with Crippen LogP contribution in [-0.4, -0.2) is 4.98 Å². The van der Waals surface area contributed by atoms with Crippen molar-refractivity contribution in [1.29, 1.82) is 5.26 Å². The zero-order valence-electron chi connectivity index (χ0n) is 10.7. The summed E-state index contributed by atoms with van der Waals surface area (Å²) in [6.07, 6.45) is 3.54. The smallest absolute Gasteiger partial charge is 0.145 e. The van der Waals surface area contributed by atoms with Gasteiger partial charge in [0.15, 0.2) is 0 Å². The topological polar surface area (TPSA) is 48.7 Å². The number of nitriles is 1. The van der Waals surface area contributed by atoms with Crippen LogP contribution >= 0.6 is 0 Å². The van der Waals surface area contributed by atoms with E-state index in [-0.39, 0.29) is 5.56 Å². The summed E-state index contributed by atoms with van der Waals surface area (Å²) in [6.45, 7) is 3.02. The highest BCUT2D eigenvalue weighted by atomic mass is 19.1. The van der Waals surface area contributed by atoms with Crippen LogP contribution < -0.4 is 5.32 Å². The lowest BCUT2D eigenvalue weighted by Gasteiger charge is -2.08. The maximum absolute atomic E-state index is 13.8. The Morgan fingerprint density at radius 1 is 1.26 bits per heavy atom. The molecule has 96 valence electrons. The van der Waals surface area contributed by atoms with Gasteiger partial charge < -0.3 is 5.32 Å². The van der Waals surface area contributed by atoms with Crippen molar-refractivity contribution < 1.29 is 4.39 Å². The van der Waals surface area contributed by atoms with Crippen LogP contribution in [-0.2, 0) is 13.1 Å². The molecule has 0 aliphatic rings. The Morgan fingerprint density at radius 3 is 2.79 bits per heavy atom. The lowest BCUT2D eigenvalue weighted by Crippen LogP contribution is -2.15. The number of aromatic nitrogens is 1. The summed E-state index contributed by atoms with van der Waals surface area (Å²) in [4.78, 5) is 4.06. The van der Waals surface area contributed by atoms with E-state index >= 15 is 0 Å². The number of hydrogen-bond donors (Lipinski definition) is 1. The molecule has 0 amide bonds. The lowest BCUT2D eigenvalue weighted by molar-refractivity contribution is 0.584. The molecule has 0 aliphatic carbocycles. The molecule has 0 aliphatic heterocycles. The highest BCUT2D eigenvalue weighted by molar-refractivity contribution is 5.35. The Labute approximate surface area is 111 Å². The molecule has 1 aromatic heterocycles.